The monoisotopic (exact) mass is 177 g/mol. The molecule has 0 aromatic heterocycles. The first-order valence-corrected chi connectivity index (χ1v) is 4.08. The van der Waals surface area contributed by atoms with Gasteiger partial charge in [-0.15, -0.1) is 0 Å². The largest absolute Gasteiger partial charge is 0.481 e. The van der Waals surface area contributed by atoms with Crippen LogP contribution >= 0.6 is 0 Å². The van der Waals surface area contributed by atoms with E-state index in [-0.39, 0.29) is 18.3 Å². The Bertz CT molecular complexity index is 141. The van der Waals surface area contributed by atoms with E-state index in [0.717, 1.165) is 0 Å². The molecule has 0 fully saturated rings. The molecule has 0 aliphatic carbocycles. The molecule has 0 heterocycles. The normalized spacial score (nSPS) is 15.6. The van der Waals surface area contributed by atoms with Crippen LogP contribution in [0.5, 0.6) is 0 Å². The summed E-state index contributed by atoms with van der Waals surface area (Å²) in [6.45, 7) is 1.66. The van der Waals surface area contributed by atoms with Gasteiger partial charge in [0.15, 0.2) is 0 Å². The third kappa shape index (κ3) is 5.07. The predicted octanol–water partition coefficient (Wildman–Crippen LogP) is 1.03. The fourth-order valence-electron chi connectivity index (χ4n) is 1.14. The average Bonchev–Trinajstić information content (AvgIpc) is 2.02. The van der Waals surface area contributed by atoms with Gasteiger partial charge in [0.1, 0.15) is 0 Å². The fraction of sp³-hybridized carbons (Fsp3) is 0.875. The lowest BCUT2D eigenvalue weighted by atomic mass is 9.94. The molecule has 0 aliphatic heterocycles. The number of nitrogens with two attached hydrogens (primary N) is 1. The number of carboxylic acid groups (broad SMARTS) is 1. The highest BCUT2D eigenvalue weighted by molar-refractivity contribution is 5.67. The van der Waals surface area contributed by atoms with Crippen molar-refractivity contribution in [2.24, 2.45) is 17.6 Å². The molecule has 0 amide bonds. The van der Waals surface area contributed by atoms with Crippen molar-refractivity contribution in [3.63, 3.8) is 0 Å². The van der Waals surface area contributed by atoms with E-state index >= 15 is 0 Å². The first kappa shape index (κ1) is 11.4. The molecule has 4 heteroatoms. The van der Waals surface area contributed by atoms with E-state index in [2.05, 4.69) is 0 Å². The smallest absolute Gasteiger partial charge is 0.303 e. The van der Waals surface area contributed by atoms with Crippen molar-refractivity contribution in [2.75, 3.05) is 13.2 Å². The number of carboxylic acids is 1. The standard InChI is InChI=1S/C8H16FNO2/c1-6(4-9)2-7(5-10)3-8(11)12/h6-7H,2-5,10H2,1H3,(H,11,12)/t6-,7-/m0/s1. The molecule has 0 unspecified atom stereocenters. The molecule has 0 aromatic rings. The lowest BCUT2D eigenvalue weighted by Crippen LogP contribution is -2.20. The summed E-state index contributed by atoms with van der Waals surface area (Å²) >= 11 is 0. The summed E-state index contributed by atoms with van der Waals surface area (Å²) in [6, 6.07) is 0. The van der Waals surface area contributed by atoms with Crippen LogP contribution in [0.1, 0.15) is 19.8 Å². The van der Waals surface area contributed by atoms with E-state index in [9.17, 15) is 9.18 Å². The quantitative estimate of drug-likeness (QED) is 0.637. The van der Waals surface area contributed by atoms with E-state index in [1.54, 1.807) is 6.92 Å². The zero-order valence-electron chi connectivity index (χ0n) is 7.29. The van der Waals surface area contributed by atoms with Crippen molar-refractivity contribution in [1.29, 1.82) is 0 Å². The van der Waals surface area contributed by atoms with Gasteiger partial charge >= 0.3 is 5.97 Å². The molecule has 0 saturated heterocycles. The molecular weight excluding hydrogens is 161 g/mol. The topological polar surface area (TPSA) is 63.3 Å². The Labute approximate surface area is 71.8 Å². The summed E-state index contributed by atoms with van der Waals surface area (Å²) in [4.78, 5) is 10.3. The first-order valence-electron chi connectivity index (χ1n) is 4.08. The average molecular weight is 177 g/mol. The Morgan fingerprint density at radius 1 is 1.67 bits per heavy atom. The zero-order chi connectivity index (χ0) is 9.56. The molecule has 0 radical (unpaired) electrons. The van der Waals surface area contributed by atoms with E-state index in [0.29, 0.717) is 13.0 Å². The predicted molar refractivity (Wildman–Crippen MR) is 44.6 cm³/mol. The van der Waals surface area contributed by atoms with Gasteiger partial charge in [0, 0.05) is 6.42 Å². The number of halogens is 1. The van der Waals surface area contributed by atoms with Gasteiger partial charge < -0.3 is 10.8 Å². The van der Waals surface area contributed by atoms with Gasteiger partial charge in [0.05, 0.1) is 6.67 Å². The van der Waals surface area contributed by atoms with Gasteiger partial charge in [-0.3, -0.25) is 9.18 Å². The van der Waals surface area contributed by atoms with Crippen LogP contribution in [0.15, 0.2) is 0 Å². The molecule has 12 heavy (non-hydrogen) atoms. The van der Waals surface area contributed by atoms with Crippen LogP contribution in [0.4, 0.5) is 4.39 Å². The zero-order valence-corrected chi connectivity index (χ0v) is 7.29. The van der Waals surface area contributed by atoms with Crippen LogP contribution < -0.4 is 5.73 Å². The fourth-order valence-corrected chi connectivity index (χ4v) is 1.14. The Balaban J connectivity index is 3.74. The minimum atomic E-state index is -0.864. The molecule has 0 saturated carbocycles. The van der Waals surface area contributed by atoms with Crippen molar-refractivity contribution < 1.29 is 14.3 Å². The Kier molecular flexibility index (Phi) is 5.62. The van der Waals surface area contributed by atoms with Crippen molar-refractivity contribution in [1.82, 2.24) is 0 Å². The number of aliphatic carboxylic acids is 1. The van der Waals surface area contributed by atoms with E-state index < -0.39 is 12.6 Å². The van der Waals surface area contributed by atoms with Gasteiger partial charge in [-0.1, -0.05) is 6.92 Å². The van der Waals surface area contributed by atoms with Crippen LogP contribution in [0, 0.1) is 11.8 Å². The van der Waals surface area contributed by atoms with Crippen LogP contribution in [-0.4, -0.2) is 24.3 Å². The maximum absolute atomic E-state index is 12.0. The summed E-state index contributed by atoms with van der Waals surface area (Å²) in [7, 11) is 0. The summed E-state index contributed by atoms with van der Waals surface area (Å²) in [5, 5.41) is 8.45. The second-order valence-corrected chi connectivity index (χ2v) is 3.19. The number of hydrogen-bond donors (Lipinski definition) is 2. The number of rotatable bonds is 6. The van der Waals surface area contributed by atoms with Crippen molar-refractivity contribution in [3.8, 4) is 0 Å². The number of hydrogen-bond acceptors (Lipinski definition) is 2. The Morgan fingerprint density at radius 3 is 2.58 bits per heavy atom. The highest BCUT2D eigenvalue weighted by Crippen LogP contribution is 2.14. The summed E-state index contributed by atoms with van der Waals surface area (Å²) in [5.41, 5.74) is 5.34. The minimum Gasteiger partial charge on any atom is -0.481 e. The van der Waals surface area contributed by atoms with Crippen molar-refractivity contribution in [2.45, 2.75) is 19.8 Å². The summed E-state index contributed by atoms with van der Waals surface area (Å²) in [6.07, 6.45) is 0.597. The van der Waals surface area contributed by atoms with Gasteiger partial charge in [0.25, 0.3) is 0 Å². The molecule has 3 nitrogen and oxygen atoms in total. The molecular formula is C8H16FNO2. The lowest BCUT2D eigenvalue weighted by molar-refractivity contribution is -0.138. The van der Waals surface area contributed by atoms with Crippen LogP contribution in [0.2, 0.25) is 0 Å². The maximum atomic E-state index is 12.0. The number of alkyl halides is 1. The Morgan fingerprint density at radius 2 is 2.25 bits per heavy atom. The van der Waals surface area contributed by atoms with E-state index in [1.807, 2.05) is 0 Å². The van der Waals surface area contributed by atoms with Crippen molar-refractivity contribution >= 4 is 5.97 Å². The van der Waals surface area contributed by atoms with Crippen LogP contribution in [0.25, 0.3) is 0 Å². The van der Waals surface area contributed by atoms with E-state index in [4.69, 9.17) is 10.8 Å². The van der Waals surface area contributed by atoms with Gasteiger partial charge in [-0.2, -0.15) is 0 Å². The molecule has 2 atom stereocenters. The van der Waals surface area contributed by atoms with Crippen LogP contribution in [-0.2, 0) is 4.79 Å². The highest BCUT2D eigenvalue weighted by Gasteiger charge is 2.14. The third-order valence-corrected chi connectivity index (χ3v) is 1.80. The summed E-state index contributed by atoms with van der Waals surface area (Å²) < 4.78 is 12.0. The highest BCUT2D eigenvalue weighted by atomic mass is 19.1. The molecule has 0 rings (SSSR count). The van der Waals surface area contributed by atoms with Gasteiger partial charge in [0.2, 0.25) is 0 Å². The van der Waals surface area contributed by atoms with Crippen molar-refractivity contribution in [3.05, 3.63) is 0 Å². The minimum absolute atomic E-state index is 0.0425. The second kappa shape index (κ2) is 5.94. The van der Waals surface area contributed by atoms with Gasteiger partial charge in [-0.25, -0.2) is 0 Å². The first-order chi connectivity index (χ1) is 5.60. The molecule has 0 aromatic carbocycles. The SMILES string of the molecule is C[C@H](CF)C[C@H](CN)CC(=O)O. The lowest BCUT2D eigenvalue weighted by Gasteiger charge is -2.14. The maximum Gasteiger partial charge on any atom is 0.303 e. The van der Waals surface area contributed by atoms with Gasteiger partial charge in [-0.05, 0) is 24.8 Å². The number of carbonyl (C=O) groups is 1. The summed E-state index contributed by atoms with van der Waals surface area (Å²) in [5.74, 6) is -1.04. The second-order valence-electron chi connectivity index (χ2n) is 3.19. The molecule has 0 aliphatic rings. The van der Waals surface area contributed by atoms with Crippen LogP contribution in [0.3, 0.4) is 0 Å². The third-order valence-electron chi connectivity index (χ3n) is 1.80. The molecule has 0 bridgehead atoms. The molecule has 3 N–H and O–H groups in total. The van der Waals surface area contributed by atoms with E-state index in [1.165, 1.54) is 0 Å². The molecule has 0 spiro atoms. The molecule has 72 valence electrons. The Hall–Kier alpha value is -0.640.